The van der Waals surface area contributed by atoms with E-state index in [0.717, 1.165) is 24.6 Å². The Kier molecular flexibility index (Phi) is 13.1. The summed E-state index contributed by atoms with van der Waals surface area (Å²) in [5.74, 6) is 0.483. The van der Waals surface area contributed by atoms with E-state index in [-0.39, 0.29) is 29.9 Å². The maximum absolute atomic E-state index is 11.7. The summed E-state index contributed by atoms with van der Waals surface area (Å²) in [6.07, 6.45) is 0. The van der Waals surface area contributed by atoms with Gasteiger partial charge in [0.1, 0.15) is 0 Å². The lowest BCUT2D eigenvalue weighted by atomic mass is 10.1. The minimum Gasteiger partial charge on any atom is -0.462 e. The Bertz CT molecular complexity index is 566. The normalized spacial score (nSPS) is 11.5. The number of hydrogen-bond donors (Lipinski definition) is 2. The summed E-state index contributed by atoms with van der Waals surface area (Å²) in [6.45, 7) is 13.5. The maximum atomic E-state index is 11.7. The van der Waals surface area contributed by atoms with Gasteiger partial charge >= 0.3 is 5.97 Å². The van der Waals surface area contributed by atoms with E-state index in [1.165, 1.54) is 0 Å². The van der Waals surface area contributed by atoms with E-state index < -0.39 is 0 Å². The van der Waals surface area contributed by atoms with Crippen LogP contribution in [0.15, 0.2) is 29.3 Å². The molecule has 1 aromatic carbocycles. The van der Waals surface area contributed by atoms with Crippen molar-refractivity contribution >= 4 is 35.9 Å². The number of aliphatic imine (C=N–C) groups is 1. The van der Waals surface area contributed by atoms with Crippen LogP contribution in [0.5, 0.6) is 0 Å². The molecule has 0 spiro atoms. The molecule has 154 valence electrons. The Morgan fingerprint density at radius 3 is 2.19 bits per heavy atom. The number of carbonyl (C=O) groups is 1. The molecule has 1 rings (SSSR count). The number of benzene rings is 1. The van der Waals surface area contributed by atoms with Gasteiger partial charge in [-0.1, -0.05) is 12.1 Å². The molecule has 0 aliphatic heterocycles. The van der Waals surface area contributed by atoms with Crippen LogP contribution in [0.25, 0.3) is 0 Å². The SMILES string of the molecule is CCOC(=O)c1ccc(CNC(=NC)NCCN(C(C)C)C(C)C)cc1.I. The summed E-state index contributed by atoms with van der Waals surface area (Å²) >= 11 is 0. The lowest BCUT2D eigenvalue weighted by molar-refractivity contribution is 0.0526. The number of hydrogen-bond acceptors (Lipinski definition) is 4. The second-order valence-corrected chi connectivity index (χ2v) is 6.70. The van der Waals surface area contributed by atoms with E-state index in [0.29, 0.717) is 30.8 Å². The van der Waals surface area contributed by atoms with Crippen molar-refractivity contribution in [3.8, 4) is 0 Å². The largest absolute Gasteiger partial charge is 0.462 e. The van der Waals surface area contributed by atoms with Gasteiger partial charge in [-0.15, -0.1) is 24.0 Å². The number of nitrogens with zero attached hydrogens (tertiary/aromatic N) is 2. The van der Waals surface area contributed by atoms with Gasteiger partial charge in [0.05, 0.1) is 12.2 Å². The highest BCUT2D eigenvalue weighted by molar-refractivity contribution is 14.0. The molecule has 6 nitrogen and oxygen atoms in total. The van der Waals surface area contributed by atoms with Crippen LogP contribution < -0.4 is 10.6 Å². The summed E-state index contributed by atoms with van der Waals surface area (Å²) in [5, 5.41) is 6.65. The standard InChI is InChI=1S/C20H34N4O2.HI/c1-7-26-19(25)18-10-8-17(9-11-18)14-23-20(21-6)22-12-13-24(15(2)3)16(4)5;/h8-11,15-16H,7,12-14H2,1-6H3,(H2,21,22,23);1H. The molecule has 0 aliphatic carbocycles. The van der Waals surface area contributed by atoms with Gasteiger partial charge in [0.25, 0.3) is 0 Å². The summed E-state index contributed by atoms with van der Waals surface area (Å²) < 4.78 is 4.99. The number of nitrogens with one attached hydrogen (secondary N) is 2. The maximum Gasteiger partial charge on any atom is 0.338 e. The monoisotopic (exact) mass is 490 g/mol. The van der Waals surface area contributed by atoms with Crippen molar-refractivity contribution < 1.29 is 9.53 Å². The number of rotatable bonds is 9. The minimum absolute atomic E-state index is 0. The molecule has 0 heterocycles. The zero-order valence-corrected chi connectivity index (χ0v) is 19.7. The van der Waals surface area contributed by atoms with E-state index in [1.54, 1.807) is 26.1 Å². The average molecular weight is 490 g/mol. The van der Waals surface area contributed by atoms with Crippen LogP contribution in [0.1, 0.15) is 50.5 Å². The van der Waals surface area contributed by atoms with Crippen LogP contribution in [-0.4, -0.2) is 55.7 Å². The van der Waals surface area contributed by atoms with Crippen LogP contribution in [0.3, 0.4) is 0 Å². The van der Waals surface area contributed by atoms with Crippen molar-refractivity contribution in [3.63, 3.8) is 0 Å². The predicted octanol–water partition coefficient (Wildman–Crippen LogP) is 3.27. The molecule has 0 radical (unpaired) electrons. The zero-order valence-electron chi connectivity index (χ0n) is 17.4. The van der Waals surface area contributed by atoms with Gasteiger partial charge in [-0.05, 0) is 52.3 Å². The number of esters is 1. The van der Waals surface area contributed by atoms with Gasteiger partial charge < -0.3 is 15.4 Å². The molecule has 0 saturated heterocycles. The molecule has 27 heavy (non-hydrogen) atoms. The fourth-order valence-electron chi connectivity index (χ4n) is 2.80. The highest BCUT2D eigenvalue weighted by atomic mass is 127. The highest BCUT2D eigenvalue weighted by Crippen LogP contribution is 2.06. The summed E-state index contributed by atoms with van der Waals surface area (Å²) in [4.78, 5) is 18.4. The molecule has 0 fully saturated rings. The molecule has 0 unspecified atom stereocenters. The molecular weight excluding hydrogens is 455 g/mol. The summed E-state index contributed by atoms with van der Waals surface area (Å²) in [6, 6.07) is 8.45. The van der Waals surface area contributed by atoms with Crippen LogP contribution in [0.4, 0.5) is 0 Å². The number of carbonyl (C=O) groups excluding carboxylic acids is 1. The lowest BCUT2D eigenvalue weighted by Gasteiger charge is -2.30. The number of ether oxygens (including phenoxy) is 1. The van der Waals surface area contributed by atoms with E-state index in [9.17, 15) is 4.79 Å². The van der Waals surface area contributed by atoms with Crippen LogP contribution in [0, 0.1) is 0 Å². The molecule has 2 N–H and O–H groups in total. The molecule has 0 amide bonds. The first kappa shape index (κ1) is 25.6. The Labute approximate surface area is 181 Å². The van der Waals surface area contributed by atoms with E-state index in [4.69, 9.17) is 4.74 Å². The fraction of sp³-hybridized carbons (Fsp3) is 0.600. The van der Waals surface area contributed by atoms with Gasteiger partial charge in [0.2, 0.25) is 0 Å². The second kappa shape index (κ2) is 13.8. The highest BCUT2D eigenvalue weighted by Gasteiger charge is 2.12. The molecule has 1 aromatic rings. The predicted molar refractivity (Wildman–Crippen MR) is 123 cm³/mol. The van der Waals surface area contributed by atoms with Crippen molar-refractivity contribution in [2.45, 2.75) is 53.2 Å². The lowest BCUT2D eigenvalue weighted by Crippen LogP contribution is -2.45. The van der Waals surface area contributed by atoms with Gasteiger partial charge in [-0.2, -0.15) is 0 Å². The Morgan fingerprint density at radius 1 is 1.11 bits per heavy atom. The molecule has 0 aromatic heterocycles. The van der Waals surface area contributed by atoms with Crippen molar-refractivity contribution in [1.29, 1.82) is 0 Å². The van der Waals surface area contributed by atoms with Crippen molar-refractivity contribution in [1.82, 2.24) is 15.5 Å². The van der Waals surface area contributed by atoms with Gasteiger partial charge in [0, 0.05) is 38.8 Å². The Balaban J connectivity index is 0.00000676. The quantitative estimate of drug-likeness (QED) is 0.241. The molecular formula is C20H35IN4O2. The van der Waals surface area contributed by atoms with Crippen LogP contribution in [0.2, 0.25) is 0 Å². The fourth-order valence-corrected chi connectivity index (χ4v) is 2.80. The Morgan fingerprint density at radius 2 is 1.70 bits per heavy atom. The molecule has 0 saturated carbocycles. The van der Waals surface area contributed by atoms with E-state index >= 15 is 0 Å². The number of guanidine groups is 1. The summed E-state index contributed by atoms with van der Waals surface area (Å²) in [5.41, 5.74) is 1.65. The van der Waals surface area contributed by atoms with Gasteiger partial charge in [-0.3, -0.25) is 9.89 Å². The zero-order chi connectivity index (χ0) is 19.5. The third-order valence-corrected chi connectivity index (χ3v) is 4.14. The molecule has 7 heteroatoms. The van der Waals surface area contributed by atoms with Crippen molar-refractivity contribution in [3.05, 3.63) is 35.4 Å². The third kappa shape index (κ3) is 9.41. The van der Waals surface area contributed by atoms with Crippen LogP contribution >= 0.6 is 24.0 Å². The first-order valence-electron chi connectivity index (χ1n) is 9.35. The first-order valence-corrected chi connectivity index (χ1v) is 9.35. The molecule has 0 aliphatic rings. The first-order chi connectivity index (χ1) is 12.4. The molecule has 0 atom stereocenters. The van der Waals surface area contributed by atoms with E-state index in [1.807, 2.05) is 12.1 Å². The molecule has 0 bridgehead atoms. The van der Waals surface area contributed by atoms with Crippen LogP contribution in [-0.2, 0) is 11.3 Å². The number of halogens is 1. The Hall–Kier alpha value is -1.35. The van der Waals surface area contributed by atoms with Crippen molar-refractivity contribution in [2.75, 3.05) is 26.7 Å². The second-order valence-electron chi connectivity index (χ2n) is 6.70. The van der Waals surface area contributed by atoms with E-state index in [2.05, 4.69) is 48.2 Å². The van der Waals surface area contributed by atoms with Crippen molar-refractivity contribution in [2.24, 2.45) is 4.99 Å². The topological polar surface area (TPSA) is 66.0 Å². The smallest absolute Gasteiger partial charge is 0.338 e. The average Bonchev–Trinajstić information content (AvgIpc) is 2.61. The minimum atomic E-state index is -0.288. The third-order valence-electron chi connectivity index (χ3n) is 4.14. The van der Waals surface area contributed by atoms with Gasteiger partial charge in [0.15, 0.2) is 5.96 Å². The summed E-state index contributed by atoms with van der Waals surface area (Å²) in [7, 11) is 1.77. The van der Waals surface area contributed by atoms with Gasteiger partial charge in [-0.25, -0.2) is 4.79 Å².